The van der Waals surface area contributed by atoms with Crippen LogP contribution in [0, 0.1) is 0 Å². The maximum atomic E-state index is 12.2. The average molecular weight is 307 g/mol. The highest BCUT2D eigenvalue weighted by atomic mass is 32.2. The molecule has 114 valence electrons. The molecule has 21 heavy (non-hydrogen) atoms. The maximum absolute atomic E-state index is 12.2. The Balaban J connectivity index is 2.70. The number of carbonyl (C=O) groups is 1. The van der Waals surface area contributed by atoms with E-state index in [2.05, 4.69) is 4.99 Å². The molecule has 1 rings (SSSR count). The number of esters is 1. The number of carbonyl (C=O) groups excluding carboxylic acids is 2. The molecule has 1 unspecified atom stereocenters. The van der Waals surface area contributed by atoms with Gasteiger partial charge in [0.2, 0.25) is 6.08 Å². The summed E-state index contributed by atoms with van der Waals surface area (Å²) in [6.45, 7) is 7.89. The fraction of sp³-hybridized carbons (Fsp3) is 0.500. The van der Waals surface area contributed by atoms with Crippen LogP contribution in [0.15, 0.2) is 35.3 Å². The minimum absolute atomic E-state index is 0.0284. The third-order valence-electron chi connectivity index (χ3n) is 2.73. The van der Waals surface area contributed by atoms with Gasteiger partial charge in [0.15, 0.2) is 5.54 Å². The van der Waals surface area contributed by atoms with Crippen molar-refractivity contribution in [1.29, 1.82) is 0 Å². The Bertz CT molecular complexity index is 518. The van der Waals surface area contributed by atoms with Gasteiger partial charge in [0.1, 0.15) is 6.61 Å². The van der Waals surface area contributed by atoms with Gasteiger partial charge in [0.25, 0.3) is 0 Å². The Morgan fingerprint density at radius 1 is 1.24 bits per heavy atom. The van der Waals surface area contributed by atoms with Crippen LogP contribution in [0.1, 0.15) is 33.3 Å². The first kappa shape index (κ1) is 17.5. The molecule has 0 aromatic heterocycles. The second-order valence-electron chi connectivity index (χ2n) is 5.94. The maximum Gasteiger partial charge on any atom is 0.335 e. The Labute approximate surface area is 130 Å². The summed E-state index contributed by atoms with van der Waals surface area (Å²) in [5.74, 6) is -0.134. The lowest BCUT2D eigenvalue weighted by Crippen LogP contribution is -2.38. The third kappa shape index (κ3) is 6.15. The Morgan fingerprint density at radius 3 is 2.38 bits per heavy atom. The van der Waals surface area contributed by atoms with Crippen LogP contribution in [0.5, 0.6) is 0 Å². The zero-order chi connectivity index (χ0) is 15.9. The molecule has 1 atom stereocenters. The van der Waals surface area contributed by atoms with Gasteiger partial charge in [-0.3, -0.25) is 0 Å². The van der Waals surface area contributed by atoms with Crippen LogP contribution >= 0.6 is 11.8 Å². The molecule has 0 bridgehead atoms. The number of isocyanates is 1. The third-order valence-corrected chi connectivity index (χ3v) is 4.30. The van der Waals surface area contributed by atoms with E-state index >= 15 is 0 Å². The molecule has 0 aliphatic heterocycles. The van der Waals surface area contributed by atoms with Crippen LogP contribution in [0.3, 0.4) is 0 Å². The van der Waals surface area contributed by atoms with E-state index in [0.717, 1.165) is 5.56 Å². The number of hydrogen-bond donors (Lipinski definition) is 0. The van der Waals surface area contributed by atoms with E-state index in [1.54, 1.807) is 18.7 Å². The van der Waals surface area contributed by atoms with Gasteiger partial charge in [0, 0.05) is 10.5 Å². The second kappa shape index (κ2) is 7.43. The first-order valence-electron chi connectivity index (χ1n) is 6.71. The molecule has 5 heteroatoms. The van der Waals surface area contributed by atoms with E-state index in [-0.39, 0.29) is 11.4 Å². The first-order chi connectivity index (χ1) is 9.77. The molecule has 0 saturated carbocycles. The highest BCUT2D eigenvalue weighted by Crippen LogP contribution is 2.29. The lowest BCUT2D eigenvalue weighted by Gasteiger charge is -2.25. The zero-order valence-electron chi connectivity index (χ0n) is 12.9. The zero-order valence-corrected chi connectivity index (χ0v) is 13.7. The van der Waals surface area contributed by atoms with E-state index in [1.807, 2.05) is 51.1 Å². The topological polar surface area (TPSA) is 55.7 Å². The van der Waals surface area contributed by atoms with Gasteiger partial charge in [-0.15, -0.1) is 0 Å². The van der Waals surface area contributed by atoms with Gasteiger partial charge in [-0.25, -0.2) is 9.59 Å². The number of benzene rings is 1. The molecule has 4 nitrogen and oxygen atoms in total. The van der Waals surface area contributed by atoms with Crippen molar-refractivity contribution in [2.75, 3.05) is 5.75 Å². The number of ether oxygens (including phenoxy) is 1. The fourth-order valence-electron chi connectivity index (χ4n) is 1.47. The molecular weight excluding hydrogens is 286 g/mol. The molecular formula is C16H21NO3S. The molecule has 0 N–H and O–H groups in total. The molecule has 1 aromatic carbocycles. The lowest BCUT2D eigenvalue weighted by atomic mass is 10.1. The van der Waals surface area contributed by atoms with Crippen molar-refractivity contribution < 1.29 is 14.3 Å². The number of aliphatic imine (C=N–C) groups is 1. The van der Waals surface area contributed by atoms with Crippen LogP contribution in [0.2, 0.25) is 0 Å². The Hall–Kier alpha value is -1.58. The van der Waals surface area contributed by atoms with Crippen molar-refractivity contribution in [2.24, 2.45) is 4.99 Å². The van der Waals surface area contributed by atoms with E-state index in [0.29, 0.717) is 5.75 Å². The summed E-state index contributed by atoms with van der Waals surface area (Å²) in [6.07, 6.45) is 1.48. The molecule has 0 aliphatic rings. The molecule has 1 aromatic rings. The predicted octanol–water partition coefficient (Wildman–Crippen LogP) is 3.36. The van der Waals surface area contributed by atoms with Crippen LogP contribution in [0.4, 0.5) is 0 Å². The fourth-order valence-corrected chi connectivity index (χ4v) is 2.37. The summed E-state index contributed by atoms with van der Waals surface area (Å²) in [7, 11) is 0. The van der Waals surface area contributed by atoms with Crippen molar-refractivity contribution in [3.05, 3.63) is 35.9 Å². The normalized spacial score (nSPS) is 13.9. The number of thioether (sulfide) groups is 1. The summed E-state index contributed by atoms with van der Waals surface area (Å²) >= 11 is 1.56. The lowest BCUT2D eigenvalue weighted by molar-refractivity contribution is -0.149. The summed E-state index contributed by atoms with van der Waals surface area (Å²) in [5.41, 5.74) is -0.305. The van der Waals surface area contributed by atoms with Gasteiger partial charge < -0.3 is 4.74 Å². The average Bonchev–Trinajstić information content (AvgIpc) is 2.43. The van der Waals surface area contributed by atoms with Crippen molar-refractivity contribution in [3.63, 3.8) is 0 Å². The monoisotopic (exact) mass is 307 g/mol. The van der Waals surface area contributed by atoms with Gasteiger partial charge >= 0.3 is 5.97 Å². The number of hydrogen-bond acceptors (Lipinski definition) is 5. The second-order valence-corrected chi connectivity index (χ2v) is 7.74. The van der Waals surface area contributed by atoms with Crippen molar-refractivity contribution in [2.45, 2.75) is 44.6 Å². The van der Waals surface area contributed by atoms with Crippen LogP contribution in [0.25, 0.3) is 0 Å². The number of nitrogens with zero attached hydrogens (tertiary/aromatic N) is 1. The summed E-state index contributed by atoms with van der Waals surface area (Å²) in [4.78, 5) is 26.5. The van der Waals surface area contributed by atoms with E-state index in [9.17, 15) is 9.59 Å². The minimum atomic E-state index is -1.20. The molecule has 0 spiro atoms. The Kier molecular flexibility index (Phi) is 6.19. The molecule has 0 heterocycles. The van der Waals surface area contributed by atoms with Crippen molar-refractivity contribution in [1.82, 2.24) is 0 Å². The summed E-state index contributed by atoms with van der Waals surface area (Å²) in [6, 6.07) is 9.39. The summed E-state index contributed by atoms with van der Waals surface area (Å²) < 4.78 is 5.26. The predicted molar refractivity (Wildman–Crippen MR) is 85.0 cm³/mol. The van der Waals surface area contributed by atoms with Gasteiger partial charge in [-0.05, 0) is 12.5 Å². The molecule has 0 amide bonds. The van der Waals surface area contributed by atoms with Gasteiger partial charge in [-0.2, -0.15) is 16.8 Å². The van der Waals surface area contributed by atoms with E-state index < -0.39 is 11.5 Å². The quantitative estimate of drug-likeness (QED) is 0.459. The van der Waals surface area contributed by atoms with E-state index in [4.69, 9.17) is 4.74 Å². The van der Waals surface area contributed by atoms with E-state index in [1.165, 1.54) is 6.08 Å². The van der Waals surface area contributed by atoms with Crippen LogP contribution in [-0.4, -0.2) is 28.1 Å². The van der Waals surface area contributed by atoms with Crippen LogP contribution in [-0.2, 0) is 20.9 Å². The smallest absolute Gasteiger partial charge is 0.335 e. The highest BCUT2D eigenvalue weighted by molar-refractivity contribution is 8.00. The van der Waals surface area contributed by atoms with Crippen molar-refractivity contribution in [3.8, 4) is 0 Å². The molecule has 0 fully saturated rings. The SMILES string of the molecule is CC(C)(C)SCC(C)(N=C=O)C(=O)OCc1ccccc1. The highest BCUT2D eigenvalue weighted by Gasteiger charge is 2.36. The number of rotatable bonds is 6. The molecule has 0 radical (unpaired) electrons. The molecule has 0 saturated heterocycles. The Morgan fingerprint density at radius 2 is 1.86 bits per heavy atom. The first-order valence-corrected chi connectivity index (χ1v) is 7.69. The van der Waals surface area contributed by atoms with Crippen LogP contribution < -0.4 is 0 Å². The minimum Gasteiger partial charge on any atom is -0.459 e. The van der Waals surface area contributed by atoms with Gasteiger partial charge in [0.05, 0.1) is 0 Å². The van der Waals surface area contributed by atoms with Gasteiger partial charge in [-0.1, -0.05) is 51.1 Å². The largest absolute Gasteiger partial charge is 0.459 e. The summed E-state index contributed by atoms with van der Waals surface area (Å²) in [5, 5.41) is 0. The standard InChI is InChI=1S/C16H21NO3S/c1-15(2,3)21-11-16(4,17-12-18)14(19)20-10-13-8-6-5-7-9-13/h5-9H,10-11H2,1-4H3. The molecule has 0 aliphatic carbocycles. The van der Waals surface area contributed by atoms with Crippen molar-refractivity contribution >= 4 is 23.8 Å².